The van der Waals surface area contributed by atoms with E-state index in [0.29, 0.717) is 5.69 Å². The number of carbonyl (C=O) groups is 1. The molecule has 0 fully saturated rings. The molecule has 0 saturated carbocycles. The van der Waals surface area contributed by atoms with Crippen molar-refractivity contribution in [1.82, 2.24) is 10.2 Å². The number of carbonyl (C=O) groups excluding carboxylic acids is 1. The lowest BCUT2D eigenvalue weighted by atomic mass is 10.3. The van der Waals surface area contributed by atoms with Crippen LogP contribution in [-0.2, 0) is 0 Å². The molecule has 0 aliphatic rings. The van der Waals surface area contributed by atoms with Crippen LogP contribution in [0, 0.1) is 0 Å². The number of anilines is 1. The Kier molecular flexibility index (Phi) is 3.38. The zero-order valence-corrected chi connectivity index (χ0v) is 10.1. The van der Waals surface area contributed by atoms with Crippen molar-refractivity contribution in [3.05, 3.63) is 38.8 Å². The van der Waals surface area contributed by atoms with E-state index >= 15 is 0 Å². The van der Waals surface area contributed by atoms with Crippen LogP contribution in [-0.4, -0.2) is 16.1 Å². The van der Waals surface area contributed by atoms with Gasteiger partial charge in [-0.15, -0.1) is 10.2 Å². The van der Waals surface area contributed by atoms with Gasteiger partial charge in [-0.3, -0.25) is 4.79 Å². The minimum absolute atomic E-state index is 0.0251. The number of amides is 1. The second-order valence-corrected chi connectivity index (χ2v) is 4.36. The van der Waals surface area contributed by atoms with E-state index in [4.69, 9.17) is 23.2 Å². The van der Waals surface area contributed by atoms with Gasteiger partial charge in [-0.05, 0) is 17.5 Å². The fraction of sp³-hybridized carbons (Fsp3) is 0. The van der Waals surface area contributed by atoms with Gasteiger partial charge >= 0.3 is 0 Å². The Morgan fingerprint density at radius 3 is 2.88 bits per heavy atom. The molecule has 1 N–H and O–H groups in total. The molecule has 0 spiro atoms. The monoisotopic (exact) mass is 273 g/mol. The molecule has 4 nitrogen and oxygen atoms in total. The van der Waals surface area contributed by atoms with Gasteiger partial charge in [0.1, 0.15) is 0 Å². The van der Waals surface area contributed by atoms with Crippen molar-refractivity contribution in [1.29, 1.82) is 0 Å². The fourth-order valence-electron chi connectivity index (χ4n) is 1.05. The van der Waals surface area contributed by atoms with Gasteiger partial charge in [0, 0.05) is 5.38 Å². The predicted octanol–water partition coefficient (Wildman–Crippen LogP) is 3.10. The van der Waals surface area contributed by atoms with Gasteiger partial charge < -0.3 is 5.32 Å². The van der Waals surface area contributed by atoms with Gasteiger partial charge in [0.2, 0.25) is 0 Å². The number of halogens is 2. The average molecular weight is 274 g/mol. The molecule has 0 saturated heterocycles. The van der Waals surface area contributed by atoms with Gasteiger partial charge in [-0.2, -0.15) is 11.3 Å². The van der Waals surface area contributed by atoms with Crippen molar-refractivity contribution < 1.29 is 4.79 Å². The first-order valence-electron chi connectivity index (χ1n) is 4.19. The summed E-state index contributed by atoms with van der Waals surface area (Å²) >= 11 is 12.9. The molecule has 0 unspecified atom stereocenters. The minimum Gasteiger partial charge on any atom is -0.321 e. The van der Waals surface area contributed by atoms with E-state index in [2.05, 4.69) is 15.5 Å². The summed E-state index contributed by atoms with van der Waals surface area (Å²) < 4.78 is 0. The third-order valence-corrected chi connectivity index (χ3v) is 2.89. The fourth-order valence-corrected chi connectivity index (χ4v) is 1.96. The number of rotatable bonds is 2. The molecule has 0 aliphatic heterocycles. The van der Waals surface area contributed by atoms with E-state index in [-0.39, 0.29) is 21.8 Å². The topological polar surface area (TPSA) is 54.9 Å². The number of aromatic nitrogens is 2. The molecule has 2 aromatic rings. The first-order valence-corrected chi connectivity index (χ1v) is 5.89. The predicted molar refractivity (Wildman–Crippen MR) is 64.3 cm³/mol. The van der Waals surface area contributed by atoms with Crippen LogP contribution in [0.1, 0.15) is 10.4 Å². The molecular formula is C9H5Cl2N3OS. The molecule has 1 amide bonds. The van der Waals surface area contributed by atoms with Crippen LogP contribution in [0.4, 0.5) is 5.69 Å². The van der Waals surface area contributed by atoms with Gasteiger partial charge in [-0.1, -0.05) is 23.2 Å². The Bertz CT molecular complexity index is 515. The Balaban J connectivity index is 2.24. The molecule has 2 aromatic heterocycles. The van der Waals surface area contributed by atoms with Gasteiger partial charge in [0.15, 0.2) is 10.3 Å². The van der Waals surface area contributed by atoms with E-state index in [9.17, 15) is 4.79 Å². The highest BCUT2D eigenvalue weighted by molar-refractivity contribution is 7.08. The normalized spacial score (nSPS) is 10.1. The summed E-state index contributed by atoms with van der Waals surface area (Å²) in [6.45, 7) is 0. The highest BCUT2D eigenvalue weighted by atomic mass is 35.5. The van der Waals surface area contributed by atoms with E-state index in [0.717, 1.165) is 0 Å². The van der Waals surface area contributed by atoms with Crippen molar-refractivity contribution >= 4 is 46.1 Å². The minimum atomic E-state index is -0.361. The SMILES string of the molecule is O=C(Nc1ccsc1)c1cc(Cl)nnc1Cl. The molecule has 7 heteroatoms. The Labute approximate surface area is 105 Å². The van der Waals surface area contributed by atoms with E-state index in [1.165, 1.54) is 17.4 Å². The van der Waals surface area contributed by atoms with E-state index in [1.807, 2.05) is 10.8 Å². The number of hydrogen-bond acceptors (Lipinski definition) is 4. The third-order valence-electron chi connectivity index (χ3n) is 1.74. The molecule has 0 atom stereocenters. The molecule has 16 heavy (non-hydrogen) atoms. The van der Waals surface area contributed by atoms with Crippen LogP contribution in [0.2, 0.25) is 10.3 Å². The molecule has 0 aliphatic carbocycles. The first kappa shape index (κ1) is 11.3. The maximum absolute atomic E-state index is 11.8. The second kappa shape index (κ2) is 4.78. The Morgan fingerprint density at radius 1 is 1.38 bits per heavy atom. The number of nitrogens with one attached hydrogen (secondary N) is 1. The average Bonchev–Trinajstić information content (AvgIpc) is 2.74. The molecule has 82 valence electrons. The van der Waals surface area contributed by atoms with Crippen LogP contribution in [0.15, 0.2) is 22.9 Å². The lowest BCUT2D eigenvalue weighted by Crippen LogP contribution is -2.12. The smallest absolute Gasteiger partial charge is 0.258 e. The van der Waals surface area contributed by atoms with Crippen molar-refractivity contribution in [2.24, 2.45) is 0 Å². The molecule has 0 bridgehead atoms. The van der Waals surface area contributed by atoms with Crippen molar-refractivity contribution in [3.63, 3.8) is 0 Å². The number of hydrogen-bond donors (Lipinski definition) is 1. The van der Waals surface area contributed by atoms with Crippen LogP contribution < -0.4 is 5.32 Å². The maximum atomic E-state index is 11.8. The lowest BCUT2D eigenvalue weighted by Gasteiger charge is -2.03. The molecule has 0 radical (unpaired) electrons. The Morgan fingerprint density at radius 2 is 2.19 bits per heavy atom. The first-order chi connectivity index (χ1) is 7.66. The summed E-state index contributed by atoms with van der Waals surface area (Å²) in [4.78, 5) is 11.8. The summed E-state index contributed by atoms with van der Waals surface area (Å²) in [5.41, 5.74) is 0.909. The maximum Gasteiger partial charge on any atom is 0.258 e. The van der Waals surface area contributed by atoms with Crippen molar-refractivity contribution in [2.45, 2.75) is 0 Å². The van der Waals surface area contributed by atoms with E-state index < -0.39 is 0 Å². The molecule has 0 aromatic carbocycles. The van der Waals surface area contributed by atoms with Crippen LogP contribution in [0.25, 0.3) is 0 Å². The number of nitrogens with zero attached hydrogens (tertiary/aromatic N) is 2. The van der Waals surface area contributed by atoms with Gasteiger partial charge in [-0.25, -0.2) is 0 Å². The number of thiophene rings is 1. The summed E-state index contributed by atoms with van der Waals surface area (Å²) in [5, 5.41) is 13.6. The zero-order valence-electron chi connectivity index (χ0n) is 7.78. The third kappa shape index (κ3) is 2.49. The second-order valence-electron chi connectivity index (χ2n) is 2.84. The summed E-state index contributed by atoms with van der Waals surface area (Å²) in [7, 11) is 0. The van der Waals surface area contributed by atoms with Crippen LogP contribution >= 0.6 is 34.5 Å². The Hall–Kier alpha value is -1.17. The van der Waals surface area contributed by atoms with Crippen molar-refractivity contribution in [3.8, 4) is 0 Å². The van der Waals surface area contributed by atoms with Crippen LogP contribution in [0.5, 0.6) is 0 Å². The molecule has 2 rings (SSSR count). The van der Waals surface area contributed by atoms with Crippen LogP contribution in [0.3, 0.4) is 0 Å². The highest BCUT2D eigenvalue weighted by Gasteiger charge is 2.13. The van der Waals surface area contributed by atoms with E-state index in [1.54, 1.807) is 6.07 Å². The van der Waals surface area contributed by atoms with Gasteiger partial charge in [0.25, 0.3) is 5.91 Å². The standard InChI is InChI=1S/C9H5Cl2N3OS/c10-7-3-6(8(11)14-13-7)9(15)12-5-1-2-16-4-5/h1-4H,(H,12,15). The van der Waals surface area contributed by atoms with Gasteiger partial charge in [0.05, 0.1) is 11.3 Å². The zero-order chi connectivity index (χ0) is 11.5. The lowest BCUT2D eigenvalue weighted by molar-refractivity contribution is 0.102. The highest BCUT2D eigenvalue weighted by Crippen LogP contribution is 2.18. The summed E-state index contributed by atoms with van der Waals surface area (Å²) in [6, 6.07) is 3.16. The largest absolute Gasteiger partial charge is 0.321 e. The van der Waals surface area contributed by atoms with Crippen molar-refractivity contribution in [2.75, 3.05) is 5.32 Å². The quantitative estimate of drug-likeness (QED) is 0.915. The molecular weight excluding hydrogens is 269 g/mol. The summed E-state index contributed by atoms with van der Waals surface area (Å²) in [5.74, 6) is -0.361. The summed E-state index contributed by atoms with van der Waals surface area (Å²) in [6.07, 6.45) is 0. The molecule has 2 heterocycles.